The van der Waals surface area contributed by atoms with Gasteiger partial charge in [-0.15, -0.1) is 10.2 Å². The predicted molar refractivity (Wildman–Crippen MR) is 139 cm³/mol. The number of aryl methyl sites for hydroxylation is 1. The molecule has 0 saturated heterocycles. The van der Waals surface area contributed by atoms with Crippen LogP contribution >= 0.6 is 11.6 Å². The number of sulfone groups is 1. The van der Waals surface area contributed by atoms with Gasteiger partial charge in [0.05, 0.1) is 23.1 Å². The van der Waals surface area contributed by atoms with Crippen LogP contribution in [-0.4, -0.2) is 45.5 Å². The minimum Gasteiger partial charge on any atom is -0.495 e. The maximum atomic E-state index is 13.6. The standard InChI is InChI=1S/C26H28ClN5O3S/c1-17-9-8-12-22(35-4)25(17)32-23(13-20-10-6-5-7-11-20)30-31-24(32)16-36(33,34)19(3)18(2)26-28-14-21(27)15-29-26/h5-12,14-15,18-19H,13,16H2,1-4H3/t18-,19-/m0/s1. The fraction of sp³-hybridized carbons (Fsp3) is 0.308. The second kappa shape index (κ2) is 10.8. The van der Waals surface area contributed by atoms with Crippen LogP contribution in [-0.2, 0) is 22.0 Å². The Bertz CT molecular complexity index is 1440. The summed E-state index contributed by atoms with van der Waals surface area (Å²) < 4.78 is 34.6. The zero-order chi connectivity index (χ0) is 25.9. The van der Waals surface area contributed by atoms with Crippen molar-refractivity contribution >= 4 is 21.4 Å². The third kappa shape index (κ3) is 5.42. The van der Waals surface area contributed by atoms with Gasteiger partial charge in [-0.25, -0.2) is 18.4 Å². The van der Waals surface area contributed by atoms with E-state index in [-0.39, 0.29) is 5.75 Å². The highest BCUT2D eigenvalue weighted by Gasteiger charge is 2.32. The Balaban J connectivity index is 1.75. The van der Waals surface area contributed by atoms with E-state index in [0.717, 1.165) is 16.8 Å². The SMILES string of the molecule is COc1cccc(C)c1-n1c(Cc2ccccc2)nnc1CS(=O)(=O)[C@@H](C)[C@H](C)c1ncc(Cl)cn1. The molecule has 0 aliphatic carbocycles. The lowest BCUT2D eigenvalue weighted by molar-refractivity contribution is 0.412. The predicted octanol–water partition coefficient (Wildman–Crippen LogP) is 4.73. The number of hydrogen-bond donors (Lipinski definition) is 0. The molecule has 10 heteroatoms. The Hall–Kier alpha value is -3.30. The van der Waals surface area contributed by atoms with Crippen LogP contribution in [0.25, 0.3) is 5.69 Å². The summed E-state index contributed by atoms with van der Waals surface area (Å²) in [5.74, 6) is 1.23. The average Bonchev–Trinajstić information content (AvgIpc) is 3.24. The van der Waals surface area contributed by atoms with Crippen molar-refractivity contribution in [2.24, 2.45) is 0 Å². The van der Waals surface area contributed by atoms with Crippen molar-refractivity contribution in [2.45, 2.75) is 44.1 Å². The van der Waals surface area contributed by atoms with E-state index in [0.29, 0.717) is 34.7 Å². The topological polar surface area (TPSA) is 99.9 Å². The zero-order valence-electron chi connectivity index (χ0n) is 20.6. The van der Waals surface area contributed by atoms with Gasteiger partial charge in [0.2, 0.25) is 0 Å². The maximum absolute atomic E-state index is 13.6. The lowest BCUT2D eigenvalue weighted by Crippen LogP contribution is -2.27. The van der Waals surface area contributed by atoms with Gasteiger partial charge in [-0.2, -0.15) is 0 Å². The first-order valence-corrected chi connectivity index (χ1v) is 13.6. The number of hydrogen-bond acceptors (Lipinski definition) is 7. The number of halogens is 1. The molecule has 0 spiro atoms. The van der Waals surface area contributed by atoms with Crippen molar-refractivity contribution in [1.82, 2.24) is 24.7 Å². The summed E-state index contributed by atoms with van der Waals surface area (Å²) in [6.07, 6.45) is 3.42. The third-order valence-electron chi connectivity index (χ3n) is 6.29. The Kier molecular flexibility index (Phi) is 7.70. The average molecular weight is 526 g/mol. The lowest BCUT2D eigenvalue weighted by Gasteiger charge is -2.20. The van der Waals surface area contributed by atoms with Gasteiger partial charge in [-0.3, -0.25) is 4.57 Å². The highest BCUT2D eigenvalue weighted by molar-refractivity contribution is 7.91. The molecule has 2 aromatic carbocycles. The van der Waals surface area contributed by atoms with Crippen molar-refractivity contribution in [3.05, 3.63) is 94.5 Å². The van der Waals surface area contributed by atoms with Crippen LogP contribution in [0.15, 0.2) is 60.9 Å². The van der Waals surface area contributed by atoms with Gasteiger partial charge in [0.25, 0.3) is 0 Å². The van der Waals surface area contributed by atoms with E-state index < -0.39 is 21.0 Å². The van der Waals surface area contributed by atoms with E-state index in [2.05, 4.69) is 20.2 Å². The Morgan fingerprint density at radius 3 is 2.31 bits per heavy atom. The quantitative estimate of drug-likeness (QED) is 0.311. The normalized spacial score (nSPS) is 13.4. The number of aromatic nitrogens is 5. The first kappa shape index (κ1) is 25.8. The lowest BCUT2D eigenvalue weighted by atomic mass is 10.1. The molecule has 0 aliphatic heterocycles. The van der Waals surface area contributed by atoms with E-state index in [4.69, 9.17) is 16.3 Å². The van der Waals surface area contributed by atoms with Crippen LogP contribution in [0.2, 0.25) is 5.02 Å². The number of ether oxygens (including phenoxy) is 1. The van der Waals surface area contributed by atoms with Gasteiger partial charge in [-0.1, -0.05) is 61.0 Å². The molecule has 0 aliphatic rings. The molecule has 2 atom stereocenters. The molecule has 0 bridgehead atoms. The molecule has 2 heterocycles. The highest BCUT2D eigenvalue weighted by Crippen LogP contribution is 2.31. The van der Waals surface area contributed by atoms with E-state index in [1.165, 1.54) is 12.4 Å². The molecule has 4 rings (SSSR count). The van der Waals surface area contributed by atoms with Gasteiger partial charge >= 0.3 is 0 Å². The number of nitrogens with zero attached hydrogens (tertiary/aromatic N) is 5. The van der Waals surface area contributed by atoms with E-state index >= 15 is 0 Å². The fourth-order valence-corrected chi connectivity index (χ4v) is 5.72. The summed E-state index contributed by atoms with van der Waals surface area (Å²) in [5, 5.41) is 8.39. The highest BCUT2D eigenvalue weighted by atomic mass is 35.5. The summed E-state index contributed by atoms with van der Waals surface area (Å²) in [6, 6.07) is 15.5. The smallest absolute Gasteiger partial charge is 0.160 e. The van der Waals surface area contributed by atoms with Crippen molar-refractivity contribution in [2.75, 3.05) is 7.11 Å². The van der Waals surface area contributed by atoms with Crippen molar-refractivity contribution in [3.8, 4) is 11.4 Å². The molecule has 0 fully saturated rings. The first-order chi connectivity index (χ1) is 17.2. The first-order valence-electron chi connectivity index (χ1n) is 11.5. The monoisotopic (exact) mass is 525 g/mol. The second-order valence-corrected chi connectivity index (χ2v) is 11.5. The molecule has 0 N–H and O–H groups in total. The molecule has 2 aromatic heterocycles. The summed E-state index contributed by atoms with van der Waals surface area (Å²) in [4.78, 5) is 8.43. The van der Waals surface area contributed by atoms with Gasteiger partial charge in [-0.05, 0) is 31.0 Å². The Morgan fingerprint density at radius 1 is 0.972 bits per heavy atom. The number of benzene rings is 2. The van der Waals surface area contributed by atoms with E-state index in [1.807, 2.05) is 60.0 Å². The third-order valence-corrected chi connectivity index (χ3v) is 8.69. The van der Waals surface area contributed by atoms with E-state index in [9.17, 15) is 8.42 Å². The molecule has 36 heavy (non-hydrogen) atoms. The molecule has 4 aromatic rings. The van der Waals surface area contributed by atoms with Crippen molar-refractivity contribution in [3.63, 3.8) is 0 Å². The molecule has 0 saturated carbocycles. The van der Waals surface area contributed by atoms with Gasteiger partial charge < -0.3 is 4.74 Å². The van der Waals surface area contributed by atoms with Crippen LogP contribution in [0.1, 0.15) is 48.4 Å². The maximum Gasteiger partial charge on any atom is 0.160 e. The number of rotatable bonds is 9. The summed E-state index contributed by atoms with van der Waals surface area (Å²) in [7, 11) is -2.08. The molecular formula is C26H28ClN5O3S. The minimum absolute atomic E-state index is 0.300. The largest absolute Gasteiger partial charge is 0.495 e. The number of para-hydroxylation sites is 1. The summed E-state index contributed by atoms with van der Waals surface area (Å²) in [5.41, 5.74) is 2.68. The van der Waals surface area contributed by atoms with E-state index in [1.54, 1.807) is 21.0 Å². The molecule has 0 amide bonds. The van der Waals surface area contributed by atoms with Crippen LogP contribution < -0.4 is 4.74 Å². The molecule has 0 unspecified atom stereocenters. The Morgan fingerprint density at radius 2 is 1.64 bits per heavy atom. The molecule has 0 radical (unpaired) electrons. The zero-order valence-corrected chi connectivity index (χ0v) is 22.2. The fourth-order valence-electron chi connectivity index (χ4n) is 4.07. The van der Waals surface area contributed by atoms with Gasteiger partial charge in [0.1, 0.15) is 23.2 Å². The Labute approximate surface area is 216 Å². The number of methoxy groups -OCH3 is 1. The van der Waals surface area contributed by atoms with Crippen LogP contribution in [0, 0.1) is 6.92 Å². The molecular weight excluding hydrogens is 498 g/mol. The van der Waals surface area contributed by atoms with Crippen molar-refractivity contribution in [1.29, 1.82) is 0 Å². The molecule has 188 valence electrons. The van der Waals surface area contributed by atoms with Gasteiger partial charge in [0, 0.05) is 24.7 Å². The molecule has 8 nitrogen and oxygen atoms in total. The summed E-state index contributed by atoms with van der Waals surface area (Å²) >= 11 is 5.90. The summed E-state index contributed by atoms with van der Waals surface area (Å²) in [6.45, 7) is 5.41. The second-order valence-electron chi connectivity index (χ2n) is 8.72. The van der Waals surface area contributed by atoms with Crippen LogP contribution in [0.3, 0.4) is 0 Å². The minimum atomic E-state index is -3.67. The van der Waals surface area contributed by atoms with Crippen LogP contribution in [0.4, 0.5) is 0 Å². The van der Waals surface area contributed by atoms with Crippen LogP contribution in [0.5, 0.6) is 5.75 Å². The van der Waals surface area contributed by atoms with Crippen molar-refractivity contribution < 1.29 is 13.2 Å². The van der Waals surface area contributed by atoms with Gasteiger partial charge in [0.15, 0.2) is 15.7 Å².